The Labute approximate surface area is 316 Å². The average molecular weight is 714 g/mol. The molecule has 7 aromatic carbocycles. The van der Waals surface area contributed by atoms with E-state index in [2.05, 4.69) is 117 Å². The van der Waals surface area contributed by atoms with Gasteiger partial charge >= 0.3 is 0 Å². The summed E-state index contributed by atoms with van der Waals surface area (Å²) in [7, 11) is 0. The molecule has 11 rings (SSSR count). The summed E-state index contributed by atoms with van der Waals surface area (Å²) in [6.45, 7) is 4.55. The number of fused-ring (bicyclic) bond motifs is 8. The fourth-order valence-electron chi connectivity index (χ4n) is 8.07. The van der Waals surface area contributed by atoms with Crippen molar-refractivity contribution in [3.63, 3.8) is 0 Å². The van der Waals surface area contributed by atoms with Crippen LogP contribution in [0.25, 0.3) is 76.6 Å². The highest BCUT2D eigenvalue weighted by atomic mass is 32.1. The molecular weight excluding hydrogens is 683 g/mol. The number of para-hydroxylation sites is 1. The molecule has 0 atom stereocenters. The van der Waals surface area contributed by atoms with E-state index in [4.69, 9.17) is 24.4 Å². The SMILES string of the molecule is CC1(C)c2ccccc2-c2cc3c(cc21)Oc1cccc(-c2cccc(-c4nc(-c5ccccc5)nc(-c5ccc6c(c5)sc5ccccc56)n4)c2)c1O3. The molecule has 0 spiro atoms. The quantitative estimate of drug-likeness (QED) is 0.182. The number of aromatic nitrogens is 3. The van der Waals surface area contributed by atoms with Crippen LogP contribution in [0.15, 0.2) is 152 Å². The van der Waals surface area contributed by atoms with Gasteiger partial charge in [0, 0.05) is 47.8 Å². The second-order valence-electron chi connectivity index (χ2n) is 14.4. The molecule has 1 aliphatic carbocycles. The molecule has 0 saturated carbocycles. The first-order valence-electron chi connectivity index (χ1n) is 18.1. The normalized spacial score (nSPS) is 13.4. The molecule has 3 heterocycles. The van der Waals surface area contributed by atoms with Gasteiger partial charge in [-0.25, -0.2) is 15.0 Å². The Kier molecular flexibility index (Phi) is 6.70. The minimum absolute atomic E-state index is 0.131. The highest BCUT2D eigenvalue weighted by Gasteiger charge is 2.37. The van der Waals surface area contributed by atoms with E-state index in [-0.39, 0.29) is 5.41 Å². The Morgan fingerprint density at radius 2 is 1.07 bits per heavy atom. The molecular formula is C48H31N3O2S. The Bertz CT molecular complexity index is 2990. The van der Waals surface area contributed by atoms with Gasteiger partial charge < -0.3 is 9.47 Å². The van der Waals surface area contributed by atoms with Crippen LogP contribution in [0.2, 0.25) is 0 Å². The zero-order valence-electron chi connectivity index (χ0n) is 29.5. The Morgan fingerprint density at radius 1 is 0.426 bits per heavy atom. The number of ether oxygens (including phenoxy) is 2. The maximum absolute atomic E-state index is 6.76. The number of hydrogen-bond donors (Lipinski definition) is 0. The van der Waals surface area contributed by atoms with Crippen LogP contribution in [0.1, 0.15) is 25.0 Å². The molecule has 5 nitrogen and oxygen atoms in total. The largest absolute Gasteiger partial charge is 0.449 e. The van der Waals surface area contributed by atoms with Crippen LogP contribution in [-0.2, 0) is 5.41 Å². The fraction of sp³-hybridized carbons (Fsp3) is 0.0625. The molecule has 54 heavy (non-hydrogen) atoms. The average Bonchev–Trinajstić information content (AvgIpc) is 3.70. The van der Waals surface area contributed by atoms with Crippen molar-refractivity contribution >= 4 is 31.5 Å². The maximum atomic E-state index is 6.76. The number of rotatable bonds is 4. The summed E-state index contributed by atoms with van der Waals surface area (Å²) in [5, 5.41) is 2.50. The van der Waals surface area contributed by atoms with Gasteiger partial charge in [0.2, 0.25) is 0 Å². The Morgan fingerprint density at radius 3 is 1.94 bits per heavy atom. The van der Waals surface area contributed by atoms with E-state index in [1.54, 1.807) is 11.3 Å². The summed E-state index contributed by atoms with van der Waals surface area (Å²) in [5.41, 5.74) is 9.51. The summed E-state index contributed by atoms with van der Waals surface area (Å²) in [6.07, 6.45) is 0. The van der Waals surface area contributed by atoms with Crippen LogP contribution in [0.5, 0.6) is 23.0 Å². The summed E-state index contributed by atoms with van der Waals surface area (Å²) in [4.78, 5) is 15.2. The summed E-state index contributed by atoms with van der Waals surface area (Å²) in [5.74, 6) is 4.66. The molecule has 256 valence electrons. The van der Waals surface area contributed by atoms with Crippen LogP contribution in [0.4, 0.5) is 0 Å². The van der Waals surface area contributed by atoms with Crippen molar-refractivity contribution in [1.29, 1.82) is 0 Å². The predicted octanol–water partition coefficient (Wildman–Crippen LogP) is 13.1. The molecule has 0 fully saturated rings. The molecule has 0 radical (unpaired) electrons. The van der Waals surface area contributed by atoms with Crippen LogP contribution in [0.3, 0.4) is 0 Å². The first-order chi connectivity index (χ1) is 26.5. The minimum atomic E-state index is -0.131. The van der Waals surface area contributed by atoms with Crippen LogP contribution in [-0.4, -0.2) is 15.0 Å². The molecule has 6 heteroatoms. The molecule has 0 unspecified atom stereocenters. The topological polar surface area (TPSA) is 57.1 Å². The van der Waals surface area contributed by atoms with Crippen molar-refractivity contribution in [2.45, 2.75) is 19.3 Å². The van der Waals surface area contributed by atoms with E-state index >= 15 is 0 Å². The third-order valence-electron chi connectivity index (χ3n) is 10.8. The van der Waals surface area contributed by atoms with Gasteiger partial charge in [-0.05, 0) is 64.2 Å². The lowest BCUT2D eigenvalue weighted by molar-refractivity contribution is 0.360. The Balaban J connectivity index is 1.00. The van der Waals surface area contributed by atoms with E-state index in [1.165, 1.54) is 42.4 Å². The maximum Gasteiger partial charge on any atom is 0.177 e. The van der Waals surface area contributed by atoms with E-state index in [0.717, 1.165) is 33.6 Å². The molecule has 1 aliphatic heterocycles. The van der Waals surface area contributed by atoms with Crippen molar-refractivity contribution in [3.8, 4) is 79.4 Å². The van der Waals surface area contributed by atoms with Gasteiger partial charge in [0.15, 0.2) is 40.5 Å². The van der Waals surface area contributed by atoms with Crippen molar-refractivity contribution < 1.29 is 9.47 Å². The highest BCUT2D eigenvalue weighted by molar-refractivity contribution is 7.25. The fourth-order valence-corrected chi connectivity index (χ4v) is 9.21. The number of benzene rings is 7. The number of hydrogen-bond acceptors (Lipinski definition) is 6. The monoisotopic (exact) mass is 713 g/mol. The van der Waals surface area contributed by atoms with Gasteiger partial charge in [0.05, 0.1) is 0 Å². The number of nitrogens with zero attached hydrogens (tertiary/aromatic N) is 3. The second kappa shape index (κ2) is 11.7. The van der Waals surface area contributed by atoms with Crippen LogP contribution < -0.4 is 9.47 Å². The van der Waals surface area contributed by atoms with Gasteiger partial charge in [-0.1, -0.05) is 129 Å². The zero-order chi connectivity index (χ0) is 36.0. The smallest absolute Gasteiger partial charge is 0.177 e. The van der Waals surface area contributed by atoms with E-state index in [0.29, 0.717) is 34.7 Å². The standard InChI is InChI=1S/C48H31N3O2S/c1-48(2)37-19-8-6-16-33(37)36-26-40-41(27-38(36)48)52-39-20-11-18-32(44(39)53-40)29-14-10-15-30(24-29)46-49-45(28-12-4-3-5-13-28)50-47(51-46)31-22-23-35-34-17-7-9-21-42(34)54-43(35)25-31/h3-27H,1-2H3. The van der Waals surface area contributed by atoms with Crippen molar-refractivity contribution in [2.75, 3.05) is 0 Å². The van der Waals surface area contributed by atoms with Crippen molar-refractivity contribution in [3.05, 3.63) is 163 Å². The van der Waals surface area contributed by atoms with E-state index < -0.39 is 0 Å². The van der Waals surface area contributed by atoms with Gasteiger partial charge in [-0.3, -0.25) is 0 Å². The summed E-state index contributed by atoms with van der Waals surface area (Å²) in [6, 6.07) is 52.4. The van der Waals surface area contributed by atoms with E-state index in [1.807, 2.05) is 48.5 Å². The molecule has 0 saturated heterocycles. The third-order valence-corrected chi connectivity index (χ3v) is 11.9. The molecule has 9 aromatic rings. The molecule has 0 N–H and O–H groups in total. The third kappa shape index (κ3) is 4.80. The van der Waals surface area contributed by atoms with E-state index in [9.17, 15) is 0 Å². The van der Waals surface area contributed by atoms with Crippen molar-refractivity contribution in [2.24, 2.45) is 0 Å². The predicted molar refractivity (Wildman–Crippen MR) is 219 cm³/mol. The number of thiophene rings is 1. The molecule has 0 amide bonds. The lowest BCUT2D eigenvalue weighted by Gasteiger charge is -2.26. The van der Waals surface area contributed by atoms with Gasteiger partial charge in [-0.15, -0.1) is 11.3 Å². The van der Waals surface area contributed by atoms with Gasteiger partial charge in [0.25, 0.3) is 0 Å². The summed E-state index contributed by atoms with van der Waals surface area (Å²) >= 11 is 1.79. The van der Waals surface area contributed by atoms with Crippen LogP contribution >= 0.6 is 11.3 Å². The molecule has 0 bridgehead atoms. The highest BCUT2D eigenvalue weighted by Crippen LogP contribution is 2.56. The zero-order valence-corrected chi connectivity index (χ0v) is 30.3. The van der Waals surface area contributed by atoms with Gasteiger partial charge in [0.1, 0.15) is 0 Å². The molecule has 2 aliphatic rings. The van der Waals surface area contributed by atoms with Gasteiger partial charge in [-0.2, -0.15) is 0 Å². The Hall–Kier alpha value is -6.63. The lowest BCUT2D eigenvalue weighted by Crippen LogP contribution is -2.15. The minimum Gasteiger partial charge on any atom is -0.449 e. The van der Waals surface area contributed by atoms with Crippen molar-refractivity contribution in [1.82, 2.24) is 15.0 Å². The molecule has 2 aromatic heterocycles. The first kappa shape index (κ1) is 30.9. The lowest BCUT2D eigenvalue weighted by atomic mass is 9.82. The summed E-state index contributed by atoms with van der Waals surface area (Å²) < 4.78 is 15.8. The van der Waals surface area contributed by atoms with Crippen LogP contribution in [0, 0.1) is 0 Å². The second-order valence-corrected chi connectivity index (χ2v) is 15.5. The first-order valence-corrected chi connectivity index (χ1v) is 18.9.